The van der Waals surface area contributed by atoms with Crippen LogP contribution in [0.5, 0.6) is 5.75 Å². The van der Waals surface area contributed by atoms with Gasteiger partial charge < -0.3 is 15.4 Å². The second kappa shape index (κ2) is 7.30. The van der Waals surface area contributed by atoms with Gasteiger partial charge in [-0.05, 0) is 36.4 Å². The highest BCUT2D eigenvalue weighted by Crippen LogP contribution is 2.33. The van der Waals surface area contributed by atoms with Crippen LogP contribution in [0.3, 0.4) is 0 Å². The number of anilines is 3. The molecule has 0 radical (unpaired) electrons. The number of ether oxygens (including phenoxy) is 1. The topological polar surface area (TPSA) is 126 Å². The lowest BCUT2D eigenvalue weighted by atomic mass is 10.1. The lowest BCUT2D eigenvalue weighted by Gasteiger charge is -2.13. The van der Waals surface area contributed by atoms with Gasteiger partial charge in [0, 0.05) is 29.6 Å². The number of aromatic nitrogens is 3. The number of benzene rings is 2. The van der Waals surface area contributed by atoms with Gasteiger partial charge in [-0.2, -0.15) is 5.10 Å². The van der Waals surface area contributed by atoms with E-state index in [2.05, 4.69) is 25.8 Å². The molecule has 2 aromatic heterocycles. The van der Waals surface area contributed by atoms with Crippen LogP contribution < -0.4 is 15.4 Å². The lowest BCUT2D eigenvalue weighted by Crippen LogP contribution is -2.07. The number of sulfone groups is 1. The maximum Gasteiger partial charge on any atom is 0.221 e. The zero-order chi connectivity index (χ0) is 21.5. The fourth-order valence-corrected chi connectivity index (χ4v) is 3.85. The first kappa shape index (κ1) is 19.6. The maximum atomic E-state index is 11.9. The molecule has 3 N–H and O–H groups in total. The standard InChI is InChI=1S/C20H19N5O4S/c1-11(26)22-17-8-12(4-7-18(17)29-2)23-20-19-15(10-21-25-19)14-9-13(30(3,27)28)5-6-16(14)24-20/h4-10H,1-3H3,(H,21,25)(H,22,26)(H,23,24). The van der Waals surface area contributed by atoms with E-state index >= 15 is 0 Å². The molecule has 4 aromatic rings. The van der Waals surface area contributed by atoms with Gasteiger partial charge in [-0.25, -0.2) is 13.4 Å². The Morgan fingerprint density at radius 1 is 1.13 bits per heavy atom. The van der Waals surface area contributed by atoms with Gasteiger partial charge >= 0.3 is 0 Å². The van der Waals surface area contributed by atoms with Crippen LogP contribution in [0.15, 0.2) is 47.5 Å². The number of hydrogen-bond acceptors (Lipinski definition) is 7. The molecule has 0 spiro atoms. The average molecular weight is 425 g/mol. The molecule has 2 heterocycles. The van der Waals surface area contributed by atoms with Gasteiger partial charge in [-0.15, -0.1) is 0 Å². The van der Waals surface area contributed by atoms with E-state index in [-0.39, 0.29) is 10.8 Å². The van der Waals surface area contributed by atoms with Crippen molar-refractivity contribution < 1.29 is 17.9 Å². The predicted octanol–water partition coefficient (Wildman–Crippen LogP) is 3.23. The van der Waals surface area contributed by atoms with Crippen molar-refractivity contribution in [2.24, 2.45) is 0 Å². The molecular formula is C20H19N5O4S. The highest BCUT2D eigenvalue weighted by molar-refractivity contribution is 7.90. The first-order valence-electron chi connectivity index (χ1n) is 8.96. The molecule has 0 aliphatic rings. The maximum absolute atomic E-state index is 11.9. The average Bonchev–Trinajstić information content (AvgIpc) is 3.17. The molecule has 0 bridgehead atoms. The molecule has 4 rings (SSSR count). The van der Waals surface area contributed by atoms with Crippen LogP contribution in [0.1, 0.15) is 6.92 Å². The molecule has 0 unspecified atom stereocenters. The Hall–Kier alpha value is -3.66. The molecule has 2 aromatic carbocycles. The highest BCUT2D eigenvalue weighted by atomic mass is 32.2. The Morgan fingerprint density at radius 2 is 1.93 bits per heavy atom. The van der Waals surface area contributed by atoms with Gasteiger partial charge in [0.2, 0.25) is 5.91 Å². The van der Waals surface area contributed by atoms with E-state index in [1.165, 1.54) is 26.4 Å². The fraction of sp³-hybridized carbons (Fsp3) is 0.150. The van der Waals surface area contributed by atoms with Crippen molar-refractivity contribution in [3.63, 3.8) is 0 Å². The number of nitrogens with one attached hydrogen (secondary N) is 3. The number of hydrogen-bond donors (Lipinski definition) is 3. The van der Waals surface area contributed by atoms with E-state index in [0.29, 0.717) is 39.4 Å². The SMILES string of the molecule is COc1ccc(Nc2nc3ccc(S(C)(=O)=O)cc3c3cn[nH]c23)cc1NC(C)=O. The molecule has 0 aliphatic heterocycles. The molecule has 0 saturated carbocycles. The van der Waals surface area contributed by atoms with Crippen LogP contribution in [-0.2, 0) is 14.6 Å². The summed E-state index contributed by atoms with van der Waals surface area (Å²) in [5.74, 6) is 0.829. The molecule has 0 atom stereocenters. The van der Waals surface area contributed by atoms with Crippen LogP contribution in [-0.4, -0.2) is 42.9 Å². The number of nitrogens with zero attached hydrogens (tertiary/aromatic N) is 2. The molecular weight excluding hydrogens is 406 g/mol. The van der Waals surface area contributed by atoms with E-state index < -0.39 is 9.84 Å². The summed E-state index contributed by atoms with van der Waals surface area (Å²) in [6.07, 6.45) is 2.80. The van der Waals surface area contributed by atoms with E-state index in [4.69, 9.17) is 4.74 Å². The molecule has 1 amide bonds. The van der Waals surface area contributed by atoms with Crippen molar-refractivity contribution in [2.45, 2.75) is 11.8 Å². The van der Waals surface area contributed by atoms with Crippen molar-refractivity contribution in [3.05, 3.63) is 42.6 Å². The second-order valence-corrected chi connectivity index (χ2v) is 8.81. The monoisotopic (exact) mass is 425 g/mol. The van der Waals surface area contributed by atoms with Crippen molar-refractivity contribution in [1.29, 1.82) is 0 Å². The molecule has 0 saturated heterocycles. The number of fused-ring (bicyclic) bond motifs is 3. The Labute approximate surface area is 172 Å². The summed E-state index contributed by atoms with van der Waals surface area (Å²) in [6.45, 7) is 1.42. The summed E-state index contributed by atoms with van der Waals surface area (Å²) in [7, 11) is -1.82. The number of rotatable bonds is 5. The third-order valence-electron chi connectivity index (χ3n) is 4.57. The van der Waals surface area contributed by atoms with Gasteiger partial charge in [0.05, 0.1) is 29.4 Å². The number of methoxy groups -OCH3 is 1. The van der Waals surface area contributed by atoms with E-state index in [0.717, 1.165) is 5.39 Å². The van der Waals surface area contributed by atoms with Crippen LogP contribution in [0.2, 0.25) is 0 Å². The Bertz CT molecular complexity index is 1400. The van der Waals surface area contributed by atoms with Crippen molar-refractivity contribution in [2.75, 3.05) is 24.0 Å². The summed E-state index contributed by atoms with van der Waals surface area (Å²) in [5.41, 5.74) is 2.45. The van der Waals surface area contributed by atoms with Gasteiger partial charge in [-0.3, -0.25) is 9.89 Å². The minimum absolute atomic E-state index is 0.216. The number of aromatic amines is 1. The minimum atomic E-state index is -3.35. The molecule has 9 nitrogen and oxygen atoms in total. The van der Waals surface area contributed by atoms with Gasteiger partial charge in [-0.1, -0.05) is 0 Å². The Balaban J connectivity index is 1.82. The van der Waals surface area contributed by atoms with Crippen molar-refractivity contribution >= 4 is 54.7 Å². The zero-order valence-electron chi connectivity index (χ0n) is 16.5. The third kappa shape index (κ3) is 3.64. The van der Waals surface area contributed by atoms with Crippen molar-refractivity contribution in [1.82, 2.24) is 15.2 Å². The third-order valence-corrected chi connectivity index (χ3v) is 5.68. The smallest absolute Gasteiger partial charge is 0.221 e. The summed E-state index contributed by atoms with van der Waals surface area (Å²) >= 11 is 0. The summed E-state index contributed by atoms with van der Waals surface area (Å²) in [5, 5.41) is 14.4. The highest BCUT2D eigenvalue weighted by Gasteiger charge is 2.15. The van der Waals surface area contributed by atoms with Crippen molar-refractivity contribution in [3.8, 4) is 5.75 Å². The molecule has 0 aliphatic carbocycles. The predicted molar refractivity (Wildman–Crippen MR) is 115 cm³/mol. The number of pyridine rings is 1. The number of carbonyl (C=O) groups excluding carboxylic acids is 1. The lowest BCUT2D eigenvalue weighted by molar-refractivity contribution is -0.114. The molecule has 154 valence electrons. The summed E-state index contributed by atoms with van der Waals surface area (Å²) < 4.78 is 29.1. The summed E-state index contributed by atoms with van der Waals surface area (Å²) in [6, 6.07) is 10.1. The number of carbonyl (C=O) groups is 1. The first-order chi connectivity index (χ1) is 14.3. The normalized spacial score (nSPS) is 11.6. The van der Waals surface area contributed by atoms with E-state index in [9.17, 15) is 13.2 Å². The van der Waals surface area contributed by atoms with Crippen LogP contribution in [0.25, 0.3) is 21.8 Å². The van der Waals surface area contributed by atoms with Crippen LogP contribution >= 0.6 is 0 Å². The van der Waals surface area contributed by atoms with Gasteiger partial charge in [0.25, 0.3) is 0 Å². The Kier molecular flexibility index (Phi) is 4.78. The van der Waals surface area contributed by atoms with E-state index in [1.807, 2.05) is 0 Å². The minimum Gasteiger partial charge on any atom is -0.495 e. The quantitative estimate of drug-likeness (QED) is 0.448. The van der Waals surface area contributed by atoms with Crippen LogP contribution in [0.4, 0.5) is 17.2 Å². The van der Waals surface area contributed by atoms with Crippen LogP contribution in [0, 0.1) is 0 Å². The summed E-state index contributed by atoms with van der Waals surface area (Å²) in [4.78, 5) is 16.3. The first-order valence-corrected chi connectivity index (χ1v) is 10.8. The van der Waals surface area contributed by atoms with E-state index in [1.54, 1.807) is 36.5 Å². The number of H-pyrrole nitrogens is 1. The molecule has 0 fully saturated rings. The Morgan fingerprint density at radius 3 is 2.63 bits per heavy atom. The van der Waals surface area contributed by atoms with Gasteiger partial charge in [0.1, 0.15) is 11.3 Å². The zero-order valence-corrected chi connectivity index (χ0v) is 17.3. The largest absolute Gasteiger partial charge is 0.495 e. The molecule has 30 heavy (non-hydrogen) atoms. The number of amides is 1. The molecule has 10 heteroatoms. The second-order valence-electron chi connectivity index (χ2n) is 6.79. The van der Waals surface area contributed by atoms with Gasteiger partial charge in [0.15, 0.2) is 15.7 Å². The fourth-order valence-electron chi connectivity index (χ4n) is 3.21.